The van der Waals surface area contributed by atoms with E-state index in [1.165, 1.54) is 18.5 Å². The molecule has 4 aromatic rings. The average molecular weight is 486 g/mol. The molecule has 0 radical (unpaired) electrons. The van der Waals surface area contributed by atoms with Gasteiger partial charge in [0.1, 0.15) is 23.8 Å². The van der Waals surface area contributed by atoms with Crippen molar-refractivity contribution >= 4 is 39.0 Å². The van der Waals surface area contributed by atoms with E-state index in [2.05, 4.69) is 14.7 Å². The van der Waals surface area contributed by atoms with E-state index in [4.69, 9.17) is 27.9 Å². The number of benzene rings is 3. The van der Waals surface area contributed by atoms with Crippen LogP contribution in [0.15, 0.2) is 90.1 Å². The summed E-state index contributed by atoms with van der Waals surface area (Å²) in [6, 6.07) is 22.6. The highest BCUT2D eigenvalue weighted by Crippen LogP contribution is 2.33. The van der Waals surface area contributed by atoms with Crippen LogP contribution < -0.4 is 9.46 Å². The molecular formula is C23H17Cl2N3O3S. The second-order valence-corrected chi connectivity index (χ2v) is 9.22. The van der Waals surface area contributed by atoms with E-state index in [-0.39, 0.29) is 15.9 Å². The molecule has 0 aliphatic rings. The van der Waals surface area contributed by atoms with Crippen LogP contribution in [-0.2, 0) is 16.6 Å². The van der Waals surface area contributed by atoms with Crippen LogP contribution >= 0.6 is 23.2 Å². The smallest absolute Gasteiger partial charge is 0.263 e. The van der Waals surface area contributed by atoms with E-state index in [0.29, 0.717) is 28.5 Å². The van der Waals surface area contributed by atoms with Gasteiger partial charge < -0.3 is 4.74 Å². The molecule has 0 saturated carbocycles. The molecule has 0 spiro atoms. The Kier molecular flexibility index (Phi) is 6.60. The minimum absolute atomic E-state index is 0.0568. The zero-order valence-corrected chi connectivity index (χ0v) is 18.9. The summed E-state index contributed by atoms with van der Waals surface area (Å²) in [5, 5.41) is 0.656. The third-order valence-electron chi connectivity index (χ3n) is 4.55. The lowest BCUT2D eigenvalue weighted by Gasteiger charge is -2.13. The number of nitrogens with one attached hydrogen (secondary N) is 1. The van der Waals surface area contributed by atoms with E-state index in [1.54, 1.807) is 36.4 Å². The molecule has 0 atom stereocenters. The maximum absolute atomic E-state index is 13.0. The number of aromatic nitrogens is 2. The molecule has 0 amide bonds. The Morgan fingerprint density at radius 3 is 2.22 bits per heavy atom. The van der Waals surface area contributed by atoms with Crippen LogP contribution in [-0.4, -0.2) is 18.4 Å². The van der Waals surface area contributed by atoms with E-state index < -0.39 is 10.0 Å². The summed E-state index contributed by atoms with van der Waals surface area (Å²) in [6.07, 6.45) is 1.19. The van der Waals surface area contributed by atoms with Crippen molar-refractivity contribution < 1.29 is 13.2 Å². The Labute approximate surface area is 195 Å². The van der Waals surface area contributed by atoms with E-state index in [1.807, 2.05) is 30.3 Å². The first-order valence-corrected chi connectivity index (χ1v) is 11.7. The molecule has 32 heavy (non-hydrogen) atoms. The Bertz CT molecular complexity index is 1320. The molecule has 0 fully saturated rings. The molecular weight excluding hydrogens is 469 g/mol. The third kappa shape index (κ3) is 5.19. The van der Waals surface area contributed by atoms with E-state index >= 15 is 0 Å². The summed E-state index contributed by atoms with van der Waals surface area (Å²) in [6.45, 7) is 0.384. The lowest BCUT2D eigenvalue weighted by molar-refractivity contribution is 0.306. The molecule has 0 aliphatic heterocycles. The average Bonchev–Trinajstić information content (AvgIpc) is 2.79. The van der Waals surface area contributed by atoms with Crippen molar-refractivity contribution in [3.63, 3.8) is 0 Å². The number of hydrogen-bond donors (Lipinski definition) is 1. The van der Waals surface area contributed by atoms with Gasteiger partial charge in [-0.1, -0.05) is 65.7 Å². The normalized spacial score (nSPS) is 11.2. The summed E-state index contributed by atoms with van der Waals surface area (Å²) >= 11 is 12.2. The summed E-state index contributed by atoms with van der Waals surface area (Å²) in [5.74, 6) is 0.622. The fraction of sp³-hybridized carbons (Fsp3) is 0.0435. The van der Waals surface area contributed by atoms with Crippen molar-refractivity contribution in [3.8, 4) is 16.9 Å². The third-order valence-corrected chi connectivity index (χ3v) is 6.44. The molecule has 162 valence electrons. The minimum Gasteiger partial charge on any atom is -0.489 e. The van der Waals surface area contributed by atoms with Gasteiger partial charge in [0.2, 0.25) is 0 Å². The molecule has 1 N–H and O–H groups in total. The summed E-state index contributed by atoms with van der Waals surface area (Å²) < 4.78 is 34.1. The van der Waals surface area contributed by atoms with Gasteiger partial charge in [-0.25, -0.2) is 18.4 Å². The summed E-state index contributed by atoms with van der Waals surface area (Å²) in [4.78, 5) is 8.11. The Morgan fingerprint density at radius 2 is 1.53 bits per heavy atom. The van der Waals surface area contributed by atoms with E-state index in [9.17, 15) is 8.42 Å². The molecule has 6 nitrogen and oxygen atoms in total. The van der Waals surface area contributed by atoms with Gasteiger partial charge in [-0.3, -0.25) is 4.72 Å². The van der Waals surface area contributed by atoms with Gasteiger partial charge in [-0.05, 0) is 47.5 Å². The Hall–Kier alpha value is -3.13. The van der Waals surface area contributed by atoms with Crippen molar-refractivity contribution in [1.82, 2.24) is 9.97 Å². The zero-order chi connectivity index (χ0) is 22.6. The topological polar surface area (TPSA) is 81.2 Å². The molecule has 0 bridgehead atoms. The van der Waals surface area contributed by atoms with Crippen LogP contribution in [0.4, 0.5) is 5.82 Å². The van der Waals surface area contributed by atoms with Gasteiger partial charge in [-0.2, -0.15) is 0 Å². The molecule has 1 aromatic heterocycles. The van der Waals surface area contributed by atoms with Gasteiger partial charge >= 0.3 is 0 Å². The predicted octanol–water partition coefficient (Wildman–Crippen LogP) is 5.83. The number of halogens is 2. The number of anilines is 1. The lowest BCUT2D eigenvalue weighted by Crippen LogP contribution is -2.15. The zero-order valence-electron chi connectivity index (χ0n) is 16.6. The van der Waals surface area contributed by atoms with Crippen LogP contribution in [0.2, 0.25) is 10.2 Å². The molecule has 3 aromatic carbocycles. The monoisotopic (exact) mass is 485 g/mol. The van der Waals surface area contributed by atoms with Crippen molar-refractivity contribution in [2.24, 2.45) is 0 Å². The van der Waals surface area contributed by atoms with Gasteiger partial charge in [0.05, 0.1) is 10.5 Å². The maximum atomic E-state index is 13.0. The summed E-state index contributed by atoms with van der Waals surface area (Å²) in [5.41, 5.74) is 2.00. The quantitative estimate of drug-likeness (QED) is 0.333. The predicted molar refractivity (Wildman–Crippen MR) is 126 cm³/mol. The molecule has 1 heterocycles. The second-order valence-electron chi connectivity index (χ2n) is 6.75. The number of nitrogens with zero attached hydrogens (tertiary/aromatic N) is 2. The van der Waals surface area contributed by atoms with Crippen molar-refractivity contribution in [1.29, 1.82) is 0 Å². The SMILES string of the molecule is O=S(=O)(Nc1ncnc(Cl)c1-c1ccc(Cl)cc1)c1ccc(OCc2ccccc2)cc1. The van der Waals surface area contributed by atoms with Gasteiger partial charge in [0, 0.05) is 5.02 Å². The van der Waals surface area contributed by atoms with E-state index in [0.717, 1.165) is 5.56 Å². The molecule has 0 unspecified atom stereocenters. The highest BCUT2D eigenvalue weighted by molar-refractivity contribution is 7.92. The fourth-order valence-electron chi connectivity index (χ4n) is 2.96. The maximum Gasteiger partial charge on any atom is 0.263 e. The van der Waals surface area contributed by atoms with Crippen LogP contribution in [0.1, 0.15) is 5.56 Å². The first kappa shape index (κ1) is 22.1. The largest absolute Gasteiger partial charge is 0.489 e. The van der Waals surface area contributed by atoms with Crippen LogP contribution in [0.5, 0.6) is 5.75 Å². The number of hydrogen-bond acceptors (Lipinski definition) is 5. The van der Waals surface area contributed by atoms with Crippen LogP contribution in [0.25, 0.3) is 11.1 Å². The number of rotatable bonds is 7. The second kappa shape index (κ2) is 9.56. The Morgan fingerprint density at radius 1 is 0.844 bits per heavy atom. The summed E-state index contributed by atoms with van der Waals surface area (Å²) in [7, 11) is -3.93. The van der Waals surface area contributed by atoms with Crippen molar-refractivity contribution in [2.75, 3.05) is 4.72 Å². The first-order chi connectivity index (χ1) is 15.4. The van der Waals surface area contributed by atoms with Crippen LogP contribution in [0, 0.1) is 0 Å². The van der Waals surface area contributed by atoms with Crippen molar-refractivity contribution in [3.05, 3.63) is 101 Å². The van der Waals surface area contributed by atoms with Gasteiger partial charge in [0.15, 0.2) is 5.82 Å². The van der Waals surface area contributed by atoms with Crippen LogP contribution in [0.3, 0.4) is 0 Å². The lowest BCUT2D eigenvalue weighted by atomic mass is 10.1. The van der Waals surface area contributed by atoms with Gasteiger partial charge in [0.25, 0.3) is 10.0 Å². The Balaban J connectivity index is 1.55. The standard InChI is InChI=1S/C23H17Cl2N3O3S/c24-18-8-6-17(7-9-18)21-22(25)26-15-27-23(21)28-32(29,30)20-12-10-19(11-13-20)31-14-16-4-2-1-3-5-16/h1-13,15H,14H2,(H,26,27,28). The number of sulfonamides is 1. The fourth-order valence-corrected chi connectivity index (χ4v) is 4.35. The highest BCUT2D eigenvalue weighted by Gasteiger charge is 2.20. The molecule has 0 aliphatic carbocycles. The van der Waals surface area contributed by atoms with Crippen molar-refractivity contribution in [2.45, 2.75) is 11.5 Å². The first-order valence-electron chi connectivity index (χ1n) is 9.48. The minimum atomic E-state index is -3.93. The van der Waals surface area contributed by atoms with Gasteiger partial charge in [-0.15, -0.1) is 0 Å². The highest BCUT2D eigenvalue weighted by atomic mass is 35.5. The molecule has 9 heteroatoms. The molecule has 4 rings (SSSR count). The molecule has 0 saturated heterocycles. The number of ether oxygens (including phenoxy) is 1.